The monoisotopic (exact) mass is 429 g/mol. The van der Waals surface area contributed by atoms with Gasteiger partial charge < -0.3 is 15.5 Å². The first-order valence-electron chi connectivity index (χ1n) is 9.11. The van der Waals surface area contributed by atoms with Gasteiger partial charge >= 0.3 is 0 Å². The molecule has 1 aliphatic rings. The molecule has 1 heterocycles. The number of fused-ring (bicyclic) bond motifs is 1. The minimum absolute atomic E-state index is 0.0765. The molecule has 142 valence electrons. The average Bonchev–Trinajstić information content (AvgIpc) is 2.80. The molecule has 5 nitrogen and oxygen atoms in total. The van der Waals surface area contributed by atoms with Crippen LogP contribution in [0.25, 0.3) is 0 Å². The molecule has 0 spiro atoms. The summed E-state index contributed by atoms with van der Waals surface area (Å²) in [5.41, 5.74) is 3.06. The van der Waals surface area contributed by atoms with E-state index in [1.807, 2.05) is 48.5 Å². The summed E-state index contributed by atoms with van der Waals surface area (Å²) in [5, 5.41) is 5.84. The minimum Gasteiger partial charge on any atom is -0.343 e. The van der Waals surface area contributed by atoms with Crippen LogP contribution >= 0.6 is 15.9 Å². The number of rotatable bonds is 5. The van der Waals surface area contributed by atoms with Crippen LogP contribution in [-0.2, 0) is 22.6 Å². The molecule has 2 amide bonds. The topological polar surface area (TPSA) is 61.4 Å². The van der Waals surface area contributed by atoms with Crippen LogP contribution in [0.4, 0.5) is 5.69 Å². The Morgan fingerprint density at radius 2 is 2.00 bits per heavy atom. The van der Waals surface area contributed by atoms with Gasteiger partial charge in [-0.2, -0.15) is 0 Å². The second-order valence-electron chi connectivity index (χ2n) is 6.79. The molecule has 27 heavy (non-hydrogen) atoms. The zero-order valence-electron chi connectivity index (χ0n) is 15.5. The Bertz CT molecular complexity index is 825. The molecular weight excluding hydrogens is 406 g/mol. The first kappa shape index (κ1) is 19.6. The lowest BCUT2D eigenvalue weighted by Gasteiger charge is -2.27. The number of hydrogen-bond acceptors (Lipinski definition) is 3. The average molecular weight is 430 g/mol. The van der Waals surface area contributed by atoms with Crippen LogP contribution in [0.5, 0.6) is 0 Å². The van der Waals surface area contributed by atoms with Gasteiger partial charge in [0.05, 0.1) is 12.6 Å². The summed E-state index contributed by atoms with van der Waals surface area (Å²) in [7, 11) is 1.73. The predicted octanol–water partition coefficient (Wildman–Crippen LogP) is 3.02. The number of aryl methyl sites for hydroxylation is 1. The van der Waals surface area contributed by atoms with Gasteiger partial charge in [-0.1, -0.05) is 52.3 Å². The summed E-state index contributed by atoms with van der Waals surface area (Å²) in [5.74, 6) is -0.241. The number of carbonyl (C=O) groups is 2. The summed E-state index contributed by atoms with van der Waals surface area (Å²) in [6, 6.07) is 15.0. The van der Waals surface area contributed by atoms with E-state index in [2.05, 4.69) is 26.6 Å². The lowest BCUT2D eigenvalue weighted by atomic mass is 10.1. The summed E-state index contributed by atoms with van der Waals surface area (Å²) >= 11 is 3.52. The second-order valence-corrected chi connectivity index (χ2v) is 7.71. The summed E-state index contributed by atoms with van der Waals surface area (Å²) < 4.78 is 0.929. The molecule has 0 aliphatic carbocycles. The van der Waals surface area contributed by atoms with E-state index in [0.29, 0.717) is 13.0 Å². The van der Waals surface area contributed by atoms with Gasteiger partial charge in [-0.25, -0.2) is 0 Å². The number of nitrogens with one attached hydrogen (secondary N) is 2. The van der Waals surface area contributed by atoms with Crippen molar-refractivity contribution in [2.45, 2.75) is 38.4 Å². The van der Waals surface area contributed by atoms with Gasteiger partial charge in [0.15, 0.2) is 0 Å². The Balaban J connectivity index is 1.93. The zero-order valence-corrected chi connectivity index (χ0v) is 17.1. The highest BCUT2D eigenvalue weighted by molar-refractivity contribution is 9.10. The SMILES string of the molecule is CNC(C)C(=O)N[C@H]1CCc2ccc(Br)cc2N(Cc2ccccc2)C1=O. The highest BCUT2D eigenvalue weighted by Gasteiger charge is 2.32. The second kappa shape index (κ2) is 8.67. The first-order valence-corrected chi connectivity index (χ1v) is 9.90. The highest BCUT2D eigenvalue weighted by atomic mass is 79.9. The third kappa shape index (κ3) is 4.57. The lowest BCUT2D eigenvalue weighted by Crippen LogP contribution is -2.52. The fraction of sp³-hybridized carbons (Fsp3) is 0.333. The number of hydrogen-bond donors (Lipinski definition) is 2. The van der Waals surface area contributed by atoms with Crippen LogP contribution in [-0.4, -0.2) is 30.9 Å². The van der Waals surface area contributed by atoms with E-state index in [1.165, 1.54) is 0 Å². The highest BCUT2D eigenvalue weighted by Crippen LogP contribution is 2.31. The van der Waals surface area contributed by atoms with Gasteiger partial charge in [0.25, 0.3) is 0 Å². The molecule has 0 saturated carbocycles. The molecule has 1 aliphatic heterocycles. The number of anilines is 1. The van der Waals surface area contributed by atoms with Gasteiger partial charge in [-0.3, -0.25) is 9.59 Å². The van der Waals surface area contributed by atoms with Crippen molar-refractivity contribution in [1.82, 2.24) is 10.6 Å². The van der Waals surface area contributed by atoms with Gasteiger partial charge in [-0.15, -0.1) is 0 Å². The van der Waals surface area contributed by atoms with Crippen molar-refractivity contribution in [1.29, 1.82) is 0 Å². The number of amides is 2. The van der Waals surface area contributed by atoms with Crippen molar-refractivity contribution in [2.75, 3.05) is 11.9 Å². The molecule has 2 aromatic carbocycles. The van der Waals surface area contributed by atoms with Crippen LogP contribution in [0.3, 0.4) is 0 Å². The minimum atomic E-state index is -0.539. The van der Waals surface area contributed by atoms with Crippen molar-refractivity contribution in [2.24, 2.45) is 0 Å². The van der Waals surface area contributed by atoms with Crippen molar-refractivity contribution >= 4 is 33.4 Å². The maximum absolute atomic E-state index is 13.3. The van der Waals surface area contributed by atoms with E-state index in [0.717, 1.165) is 27.7 Å². The Hall–Kier alpha value is -2.18. The van der Waals surface area contributed by atoms with Gasteiger partial charge in [0.2, 0.25) is 11.8 Å². The molecule has 3 rings (SSSR count). The molecule has 0 fully saturated rings. The van der Waals surface area contributed by atoms with E-state index in [9.17, 15) is 9.59 Å². The Morgan fingerprint density at radius 1 is 1.26 bits per heavy atom. The van der Waals surface area contributed by atoms with Crippen molar-refractivity contribution in [3.8, 4) is 0 Å². The smallest absolute Gasteiger partial charge is 0.249 e. The molecule has 1 unspecified atom stereocenters. The van der Waals surface area contributed by atoms with Gasteiger partial charge in [0.1, 0.15) is 6.04 Å². The number of nitrogens with zero attached hydrogens (tertiary/aromatic N) is 1. The molecule has 0 radical (unpaired) electrons. The Labute approximate surface area is 168 Å². The molecule has 2 N–H and O–H groups in total. The third-order valence-electron chi connectivity index (χ3n) is 4.93. The third-order valence-corrected chi connectivity index (χ3v) is 5.42. The number of likely N-dealkylation sites (N-methyl/N-ethyl adjacent to an activating group) is 1. The van der Waals surface area contributed by atoms with E-state index in [-0.39, 0.29) is 17.9 Å². The number of halogens is 1. The standard InChI is InChI=1S/C21H24BrN3O2/c1-14(23-2)20(26)24-18-11-9-16-8-10-17(22)12-19(16)25(21(18)27)13-15-6-4-3-5-7-15/h3-8,10,12,14,18,23H,9,11,13H2,1-2H3,(H,24,26)/t14?,18-/m0/s1. The Kier molecular flexibility index (Phi) is 6.29. The molecular formula is C21H24BrN3O2. The van der Waals surface area contributed by atoms with Gasteiger partial charge in [-0.05, 0) is 50.1 Å². The van der Waals surface area contributed by atoms with E-state index >= 15 is 0 Å². The van der Waals surface area contributed by atoms with Crippen LogP contribution in [0.15, 0.2) is 53.0 Å². The fourth-order valence-corrected chi connectivity index (χ4v) is 3.57. The molecule has 2 aromatic rings. The first-order chi connectivity index (χ1) is 13.0. The van der Waals surface area contributed by atoms with Crippen LogP contribution in [0.2, 0.25) is 0 Å². The van der Waals surface area contributed by atoms with Crippen molar-refractivity contribution in [3.63, 3.8) is 0 Å². The summed E-state index contributed by atoms with van der Waals surface area (Å²) in [6.45, 7) is 2.25. The van der Waals surface area contributed by atoms with Crippen LogP contribution in [0.1, 0.15) is 24.5 Å². The Morgan fingerprint density at radius 3 is 2.70 bits per heavy atom. The molecule has 0 aromatic heterocycles. The lowest BCUT2D eigenvalue weighted by molar-refractivity contribution is -0.128. The van der Waals surface area contributed by atoms with E-state index in [4.69, 9.17) is 0 Å². The molecule has 0 bridgehead atoms. The summed E-state index contributed by atoms with van der Waals surface area (Å²) in [6.07, 6.45) is 1.32. The molecule has 0 saturated heterocycles. The van der Waals surface area contributed by atoms with Crippen molar-refractivity contribution < 1.29 is 9.59 Å². The quantitative estimate of drug-likeness (QED) is 0.767. The van der Waals surface area contributed by atoms with Crippen molar-refractivity contribution in [3.05, 3.63) is 64.1 Å². The predicted molar refractivity (Wildman–Crippen MR) is 111 cm³/mol. The van der Waals surface area contributed by atoms with Crippen LogP contribution in [0, 0.1) is 0 Å². The van der Waals surface area contributed by atoms with E-state index < -0.39 is 6.04 Å². The number of carbonyl (C=O) groups excluding carboxylic acids is 2. The molecule has 6 heteroatoms. The fourth-order valence-electron chi connectivity index (χ4n) is 3.22. The normalized spacial score (nSPS) is 17.8. The zero-order chi connectivity index (χ0) is 19.4. The summed E-state index contributed by atoms with van der Waals surface area (Å²) in [4.78, 5) is 27.5. The maximum Gasteiger partial charge on any atom is 0.249 e. The number of benzene rings is 2. The van der Waals surface area contributed by atoms with Gasteiger partial charge in [0, 0.05) is 10.2 Å². The maximum atomic E-state index is 13.3. The van der Waals surface area contributed by atoms with Crippen LogP contribution < -0.4 is 15.5 Å². The van der Waals surface area contributed by atoms with E-state index in [1.54, 1.807) is 18.9 Å². The largest absolute Gasteiger partial charge is 0.343 e. The molecule has 2 atom stereocenters.